The molecular formula is C16H24ClN5. The number of hydrogen-bond donors (Lipinski definition) is 0. The van der Waals surface area contributed by atoms with Gasteiger partial charge in [-0.25, -0.2) is 9.97 Å². The van der Waals surface area contributed by atoms with E-state index in [1.54, 1.807) is 0 Å². The molecule has 6 heteroatoms. The van der Waals surface area contributed by atoms with Crippen LogP contribution in [-0.2, 0) is 13.0 Å². The Balaban J connectivity index is 2.32. The van der Waals surface area contributed by atoms with Crippen LogP contribution in [0.25, 0.3) is 0 Å². The second-order valence-electron chi connectivity index (χ2n) is 6.14. The first-order valence-electron chi connectivity index (χ1n) is 7.90. The van der Waals surface area contributed by atoms with E-state index in [0.717, 1.165) is 50.5 Å². The summed E-state index contributed by atoms with van der Waals surface area (Å²) in [7, 11) is 2.09. The minimum atomic E-state index is 0.312. The lowest BCUT2D eigenvalue weighted by Crippen LogP contribution is -2.34. The summed E-state index contributed by atoms with van der Waals surface area (Å²) >= 11 is 6.15. The molecule has 0 amide bonds. The molecule has 0 aromatic carbocycles. The van der Waals surface area contributed by atoms with Crippen molar-refractivity contribution < 1.29 is 0 Å². The fourth-order valence-corrected chi connectivity index (χ4v) is 3.11. The smallest absolute Gasteiger partial charge is 0.224 e. The average molecular weight is 322 g/mol. The summed E-state index contributed by atoms with van der Waals surface area (Å²) in [5, 5.41) is 9.21. The minimum absolute atomic E-state index is 0.312. The van der Waals surface area contributed by atoms with Gasteiger partial charge in [0.05, 0.1) is 11.8 Å². The van der Waals surface area contributed by atoms with Crippen molar-refractivity contribution in [3.63, 3.8) is 0 Å². The number of likely N-dealkylation sites (N-methyl/N-ethyl adjacent to an activating group) is 1. The van der Waals surface area contributed by atoms with Crippen LogP contribution in [0.3, 0.4) is 0 Å². The van der Waals surface area contributed by atoms with Gasteiger partial charge in [-0.3, -0.25) is 0 Å². The van der Waals surface area contributed by atoms with Crippen LogP contribution >= 0.6 is 11.6 Å². The molecule has 0 spiro atoms. The van der Waals surface area contributed by atoms with Gasteiger partial charge in [-0.05, 0) is 37.4 Å². The van der Waals surface area contributed by atoms with Crippen molar-refractivity contribution in [3.05, 3.63) is 16.5 Å². The Morgan fingerprint density at radius 3 is 2.91 bits per heavy atom. The predicted octanol–water partition coefficient (Wildman–Crippen LogP) is 2.88. The number of aromatic nitrogens is 2. The maximum atomic E-state index is 8.89. The molecule has 1 unspecified atom stereocenters. The first-order valence-corrected chi connectivity index (χ1v) is 8.28. The monoisotopic (exact) mass is 321 g/mol. The van der Waals surface area contributed by atoms with Gasteiger partial charge in [-0.2, -0.15) is 5.26 Å². The van der Waals surface area contributed by atoms with Crippen LogP contribution in [-0.4, -0.2) is 41.5 Å². The van der Waals surface area contributed by atoms with Gasteiger partial charge in [0, 0.05) is 38.2 Å². The highest BCUT2D eigenvalue weighted by atomic mass is 35.5. The van der Waals surface area contributed by atoms with E-state index < -0.39 is 0 Å². The Morgan fingerprint density at radius 1 is 1.45 bits per heavy atom. The molecule has 1 atom stereocenters. The molecular weight excluding hydrogens is 298 g/mol. The number of fused-ring (bicyclic) bond motifs is 1. The molecule has 0 radical (unpaired) electrons. The van der Waals surface area contributed by atoms with Crippen molar-refractivity contribution in [3.8, 4) is 6.07 Å². The van der Waals surface area contributed by atoms with Crippen molar-refractivity contribution in [2.45, 2.75) is 39.7 Å². The van der Waals surface area contributed by atoms with Crippen molar-refractivity contribution in [2.24, 2.45) is 5.92 Å². The highest BCUT2D eigenvalue weighted by Crippen LogP contribution is 2.28. The van der Waals surface area contributed by atoms with Gasteiger partial charge in [0.15, 0.2) is 0 Å². The third-order valence-corrected chi connectivity index (χ3v) is 4.14. The van der Waals surface area contributed by atoms with Gasteiger partial charge in [0.1, 0.15) is 5.82 Å². The maximum Gasteiger partial charge on any atom is 0.224 e. The molecule has 120 valence electrons. The molecule has 0 saturated heterocycles. The molecule has 0 fully saturated rings. The van der Waals surface area contributed by atoms with Crippen molar-refractivity contribution >= 4 is 17.4 Å². The number of halogens is 1. The van der Waals surface area contributed by atoms with E-state index in [2.05, 4.69) is 46.7 Å². The number of nitrogens with zero attached hydrogens (tertiary/aromatic N) is 5. The Hall–Kier alpha value is -1.38. The summed E-state index contributed by atoms with van der Waals surface area (Å²) in [5.41, 5.74) is 2.26. The van der Waals surface area contributed by atoms with Gasteiger partial charge in [0.25, 0.3) is 0 Å². The minimum Gasteiger partial charge on any atom is -0.356 e. The third kappa shape index (κ3) is 4.08. The molecule has 1 aliphatic rings. The topological polar surface area (TPSA) is 56.1 Å². The van der Waals surface area contributed by atoms with E-state index in [-0.39, 0.29) is 0 Å². The highest BCUT2D eigenvalue weighted by molar-refractivity contribution is 6.28. The zero-order chi connectivity index (χ0) is 16.1. The lowest BCUT2D eigenvalue weighted by atomic mass is 10.0. The second kappa shape index (κ2) is 7.75. The van der Waals surface area contributed by atoms with Crippen LogP contribution in [0.5, 0.6) is 0 Å². The van der Waals surface area contributed by atoms with Crippen LogP contribution < -0.4 is 4.90 Å². The largest absolute Gasteiger partial charge is 0.356 e. The van der Waals surface area contributed by atoms with Crippen LogP contribution in [0, 0.1) is 17.2 Å². The Labute approximate surface area is 137 Å². The van der Waals surface area contributed by atoms with Crippen LogP contribution in [0.15, 0.2) is 0 Å². The normalized spacial score (nSPS) is 16.0. The molecule has 1 aromatic rings. The van der Waals surface area contributed by atoms with E-state index in [9.17, 15) is 0 Å². The van der Waals surface area contributed by atoms with Gasteiger partial charge in [0.2, 0.25) is 5.28 Å². The molecule has 0 saturated carbocycles. The second-order valence-corrected chi connectivity index (χ2v) is 6.48. The van der Waals surface area contributed by atoms with E-state index in [1.807, 2.05) is 0 Å². The standard InChI is InChI=1S/C16H24ClN5/c1-4-8-22(10-12(2)5-7-18)15-13-6-9-21(3)11-14(13)19-16(17)20-15/h12H,4-6,8-11H2,1-3H3. The molecule has 0 bridgehead atoms. The van der Waals surface area contributed by atoms with Crippen molar-refractivity contribution in [1.29, 1.82) is 5.26 Å². The number of nitriles is 1. The van der Waals surface area contributed by atoms with Crippen LogP contribution in [0.4, 0.5) is 5.82 Å². The zero-order valence-electron chi connectivity index (χ0n) is 13.6. The predicted molar refractivity (Wildman–Crippen MR) is 89.0 cm³/mol. The van der Waals surface area contributed by atoms with E-state index in [1.165, 1.54) is 5.56 Å². The van der Waals surface area contributed by atoms with Crippen LogP contribution in [0.2, 0.25) is 5.28 Å². The molecule has 1 aliphatic heterocycles. The van der Waals surface area contributed by atoms with Gasteiger partial charge in [-0.15, -0.1) is 0 Å². The lowest BCUT2D eigenvalue weighted by molar-refractivity contribution is 0.307. The summed E-state index contributed by atoms with van der Waals surface area (Å²) in [6.07, 6.45) is 2.55. The number of rotatable bonds is 6. The highest BCUT2D eigenvalue weighted by Gasteiger charge is 2.23. The molecule has 5 nitrogen and oxygen atoms in total. The van der Waals surface area contributed by atoms with Gasteiger partial charge in [-0.1, -0.05) is 13.8 Å². The molecule has 22 heavy (non-hydrogen) atoms. The molecule has 0 N–H and O–H groups in total. The average Bonchev–Trinajstić information content (AvgIpc) is 2.45. The lowest BCUT2D eigenvalue weighted by Gasteiger charge is -2.31. The van der Waals surface area contributed by atoms with Crippen molar-refractivity contribution in [1.82, 2.24) is 14.9 Å². The Morgan fingerprint density at radius 2 is 2.23 bits per heavy atom. The van der Waals surface area contributed by atoms with Crippen LogP contribution in [0.1, 0.15) is 37.9 Å². The summed E-state index contributed by atoms with van der Waals surface area (Å²) in [5.74, 6) is 1.28. The zero-order valence-corrected chi connectivity index (χ0v) is 14.4. The van der Waals surface area contributed by atoms with Crippen molar-refractivity contribution in [2.75, 3.05) is 31.6 Å². The molecule has 1 aromatic heterocycles. The Kier molecular flexibility index (Phi) is 5.98. The number of hydrogen-bond acceptors (Lipinski definition) is 5. The summed E-state index contributed by atoms with van der Waals surface area (Å²) in [6.45, 7) is 7.85. The summed E-state index contributed by atoms with van der Waals surface area (Å²) < 4.78 is 0. The van der Waals surface area contributed by atoms with E-state index in [0.29, 0.717) is 17.6 Å². The Bertz CT molecular complexity index is 554. The first kappa shape index (κ1) is 17.0. The van der Waals surface area contributed by atoms with Gasteiger partial charge < -0.3 is 9.80 Å². The third-order valence-electron chi connectivity index (χ3n) is 3.97. The first-order chi connectivity index (χ1) is 10.5. The molecule has 2 rings (SSSR count). The quantitative estimate of drug-likeness (QED) is 0.754. The van der Waals surface area contributed by atoms with Gasteiger partial charge >= 0.3 is 0 Å². The maximum absolute atomic E-state index is 8.89. The fraction of sp³-hybridized carbons (Fsp3) is 0.688. The van der Waals surface area contributed by atoms with E-state index in [4.69, 9.17) is 16.9 Å². The summed E-state index contributed by atoms with van der Waals surface area (Å²) in [6, 6.07) is 2.25. The van der Waals surface area contributed by atoms with E-state index >= 15 is 0 Å². The molecule has 2 heterocycles. The fourth-order valence-electron chi connectivity index (χ4n) is 2.92. The summed E-state index contributed by atoms with van der Waals surface area (Å²) in [4.78, 5) is 13.5. The molecule has 0 aliphatic carbocycles. The SMILES string of the molecule is CCCN(CC(C)CC#N)c1nc(Cl)nc2c1CCN(C)C2. The number of anilines is 1.